The summed E-state index contributed by atoms with van der Waals surface area (Å²) in [6.07, 6.45) is 0. The lowest BCUT2D eigenvalue weighted by atomic mass is 10.1. The number of nitrogens with zero attached hydrogens (tertiary/aromatic N) is 1. The number of hydrogen-bond donors (Lipinski definition) is 1. The molecule has 0 unspecified atom stereocenters. The highest BCUT2D eigenvalue weighted by Gasteiger charge is 2.22. The summed E-state index contributed by atoms with van der Waals surface area (Å²) in [7, 11) is 0. The quantitative estimate of drug-likeness (QED) is 0.867. The summed E-state index contributed by atoms with van der Waals surface area (Å²) >= 11 is 7.43. The van der Waals surface area contributed by atoms with E-state index in [1.807, 2.05) is 48.4 Å². The van der Waals surface area contributed by atoms with Crippen LogP contribution in [0.15, 0.2) is 35.7 Å². The number of amides is 1. The molecule has 2 rings (SSSR count). The van der Waals surface area contributed by atoms with Gasteiger partial charge in [0, 0.05) is 18.3 Å². The second kappa shape index (κ2) is 6.29. The molecule has 0 saturated heterocycles. The zero-order valence-corrected chi connectivity index (χ0v) is 13.0. The molecule has 0 atom stereocenters. The van der Waals surface area contributed by atoms with E-state index in [-0.39, 0.29) is 11.9 Å². The summed E-state index contributed by atoms with van der Waals surface area (Å²) in [5.41, 5.74) is 7.45. The lowest BCUT2D eigenvalue weighted by Gasteiger charge is -2.26. The highest BCUT2D eigenvalue weighted by molar-refractivity contribution is 7.12. The van der Waals surface area contributed by atoms with E-state index in [1.54, 1.807) is 6.07 Å². The first-order valence-electron chi connectivity index (χ1n) is 6.37. The van der Waals surface area contributed by atoms with Gasteiger partial charge < -0.3 is 10.6 Å². The van der Waals surface area contributed by atoms with Crippen molar-refractivity contribution in [1.82, 2.24) is 4.90 Å². The Kier molecular flexibility index (Phi) is 4.68. The van der Waals surface area contributed by atoms with E-state index in [9.17, 15) is 4.79 Å². The average molecular weight is 309 g/mol. The number of thiophene rings is 1. The lowest BCUT2D eigenvalue weighted by Crippen LogP contribution is -2.36. The molecule has 2 N–H and O–H groups in total. The zero-order valence-electron chi connectivity index (χ0n) is 11.5. The van der Waals surface area contributed by atoms with Gasteiger partial charge in [0.1, 0.15) is 4.88 Å². The molecule has 3 nitrogen and oxygen atoms in total. The van der Waals surface area contributed by atoms with Crippen LogP contribution in [0.1, 0.15) is 29.1 Å². The van der Waals surface area contributed by atoms with Crippen molar-refractivity contribution in [3.8, 4) is 0 Å². The normalized spacial score (nSPS) is 10.8. The molecule has 0 saturated carbocycles. The van der Waals surface area contributed by atoms with Crippen LogP contribution < -0.4 is 5.73 Å². The van der Waals surface area contributed by atoms with E-state index in [1.165, 1.54) is 11.3 Å². The molecule has 0 aliphatic carbocycles. The molecule has 5 heteroatoms. The minimum absolute atomic E-state index is 0.0307. The van der Waals surface area contributed by atoms with Crippen molar-refractivity contribution in [2.45, 2.75) is 26.4 Å². The number of halogens is 1. The zero-order chi connectivity index (χ0) is 14.7. The van der Waals surface area contributed by atoms with Crippen molar-refractivity contribution in [3.63, 3.8) is 0 Å². The van der Waals surface area contributed by atoms with Crippen LogP contribution >= 0.6 is 22.9 Å². The van der Waals surface area contributed by atoms with Crippen LogP contribution in [0.5, 0.6) is 0 Å². The minimum Gasteiger partial charge on any atom is -0.399 e. The second-order valence-electron chi connectivity index (χ2n) is 4.87. The maximum atomic E-state index is 12.6. The van der Waals surface area contributed by atoms with Crippen LogP contribution in [0.2, 0.25) is 5.02 Å². The summed E-state index contributed by atoms with van der Waals surface area (Å²) < 4.78 is 0. The van der Waals surface area contributed by atoms with Gasteiger partial charge in [-0.05, 0) is 43.0 Å². The van der Waals surface area contributed by atoms with Crippen LogP contribution in [-0.2, 0) is 6.54 Å². The van der Waals surface area contributed by atoms with Crippen LogP contribution in [0.3, 0.4) is 0 Å². The predicted octanol–water partition coefficient (Wildman–Crippen LogP) is 4.03. The van der Waals surface area contributed by atoms with E-state index >= 15 is 0 Å². The van der Waals surface area contributed by atoms with Gasteiger partial charge >= 0.3 is 0 Å². The number of benzene rings is 1. The van der Waals surface area contributed by atoms with E-state index in [0.717, 1.165) is 11.3 Å². The number of anilines is 1. The molecular weight excluding hydrogens is 292 g/mol. The van der Waals surface area contributed by atoms with Gasteiger partial charge in [0.05, 0.1) is 5.02 Å². The largest absolute Gasteiger partial charge is 0.399 e. The van der Waals surface area contributed by atoms with Crippen molar-refractivity contribution >= 4 is 34.5 Å². The summed E-state index contributed by atoms with van der Waals surface area (Å²) in [6.45, 7) is 4.54. The number of nitrogen functional groups attached to an aromatic ring is 1. The first-order chi connectivity index (χ1) is 9.49. The highest BCUT2D eigenvalue weighted by atomic mass is 35.5. The third-order valence-electron chi connectivity index (χ3n) is 3.03. The Balaban J connectivity index is 2.21. The van der Waals surface area contributed by atoms with Crippen molar-refractivity contribution < 1.29 is 4.79 Å². The van der Waals surface area contributed by atoms with Gasteiger partial charge in [0.2, 0.25) is 0 Å². The minimum atomic E-state index is -0.0307. The van der Waals surface area contributed by atoms with Gasteiger partial charge in [-0.3, -0.25) is 4.79 Å². The molecule has 106 valence electrons. The molecule has 20 heavy (non-hydrogen) atoms. The fourth-order valence-electron chi connectivity index (χ4n) is 1.89. The van der Waals surface area contributed by atoms with Gasteiger partial charge in [0.25, 0.3) is 5.91 Å². The van der Waals surface area contributed by atoms with Crippen LogP contribution in [0.25, 0.3) is 0 Å². The molecule has 1 heterocycles. The Morgan fingerprint density at radius 3 is 2.45 bits per heavy atom. The highest BCUT2D eigenvalue weighted by Crippen LogP contribution is 2.25. The predicted molar refractivity (Wildman–Crippen MR) is 85.2 cm³/mol. The summed E-state index contributed by atoms with van der Waals surface area (Å²) in [6, 6.07) is 9.41. The number of rotatable bonds is 4. The topological polar surface area (TPSA) is 46.3 Å². The molecule has 0 radical (unpaired) electrons. The van der Waals surface area contributed by atoms with Gasteiger partial charge in [-0.1, -0.05) is 23.7 Å². The molecule has 2 aromatic rings. The molecule has 0 fully saturated rings. The van der Waals surface area contributed by atoms with Gasteiger partial charge in [-0.15, -0.1) is 11.3 Å². The molecule has 1 amide bonds. The summed E-state index contributed by atoms with van der Waals surface area (Å²) in [5.74, 6) is -0.0307. The standard InChI is InChI=1S/C15H17ClN2OS/c1-10(2)18(9-11-3-5-12(17)6-4-11)15(19)14-13(16)7-8-20-14/h3-8,10H,9,17H2,1-2H3. The molecule has 0 aliphatic rings. The van der Waals surface area contributed by atoms with E-state index in [2.05, 4.69) is 0 Å². The Morgan fingerprint density at radius 2 is 1.95 bits per heavy atom. The molecule has 1 aromatic carbocycles. The van der Waals surface area contributed by atoms with Gasteiger partial charge in [-0.25, -0.2) is 0 Å². The Bertz CT molecular complexity index is 592. The fourth-order valence-corrected chi connectivity index (χ4v) is 2.98. The van der Waals surface area contributed by atoms with Crippen molar-refractivity contribution in [1.29, 1.82) is 0 Å². The smallest absolute Gasteiger partial charge is 0.265 e. The van der Waals surface area contributed by atoms with E-state index in [0.29, 0.717) is 16.4 Å². The van der Waals surface area contributed by atoms with Crippen molar-refractivity contribution in [3.05, 3.63) is 51.2 Å². The first-order valence-corrected chi connectivity index (χ1v) is 7.63. The number of hydrogen-bond acceptors (Lipinski definition) is 3. The SMILES string of the molecule is CC(C)N(Cc1ccc(N)cc1)C(=O)c1sccc1Cl. The Morgan fingerprint density at radius 1 is 1.30 bits per heavy atom. The first kappa shape index (κ1) is 14.9. The maximum absolute atomic E-state index is 12.6. The van der Waals surface area contributed by atoms with Crippen LogP contribution in [0.4, 0.5) is 5.69 Å². The molecule has 0 bridgehead atoms. The molecule has 0 aliphatic heterocycles. The molecule has 0 spiro atoms. The van der Waals surface area contributed by atoms with Gasteiger partial charge in [-0.2, -0.15) is 0 Å². The van der Waals surface area contributed by atoms with Crippen LogP contribution in [-0.4, -0.2) is 16.8 Å². The number of carbonyl (C=O) groups excluding carboxylic acids is 1. The maximum Gasteiger partial charge on any atom is 0.265 e. The average Bonchev–Trinajstić information content (AvgIpc) is 2.83. The monoisotopic (exact) mass is 308 g/mol. The van der Waals surface area contributed by atoms with E-state index in [4.69, 9.17) is 17.3 Å². The molecular formula is C15H17ClN2OS. The lowest BCUT2D eigenvalue weighted by molar-refractivity contribution is 0.0695. The summed E-state index contributed by atoms with van der Waals surface area (Å²) in [4.78, 5) is 15.0. The third kappa shape index (κ3) is 3.32. The molecule has 1 aromatic heterocycles. The van der Waals surface area contributed by atoms with Crippen molar-refractivity contribution in [2.24, 2.45) is 0 Å². The summed E-state index contributed by atoms with van der Waals surface area (Å²) in [5, 5.41) is 2.35. The third-order valence-corrected chi connectivity index (χ3v) is 4.36. The van der Waals surface area contributed by atoms with Crippen molar-refractivity contribution in [2.75, 3.05) is 5.73 Å². The van der Waals surface area contributed by atoms with E-state index < -0.39 is 0 Å². The van der Waals surface area contributed by atoms with Gasteiger partial charge in [0.15, 0.2) is 0 Å². The number of nitrogens with two attached hydrogens (primary N) is 1. The fraction of sp³-hybridized carbons (Fsp3) is 0.267. The second-order valence-corrected chi connectivity index (χ2v) is 6.19. The number of carbonyl (C=O) groups is 1. The Hall–Kier alpha value is -1.52. The van der Waals surface area contributed by atoms with Crippen LogP contribution in [0, 0.1) is 0 Å². The Labute approximate surface area is 128 Å².